The van der Waals surface area contributed by atoms with Gasteiger partial charge in [-0.1, -0.05) is 69.3 Å². The molecule has 6 nitrogen and oxygen atoms in total. The van der Waals surface area contributed by atoms with Crippen LogP contribution < -0.4 is 10.6 Å². The van der Waals surface area contributed by atoms with E-state index in [1.165, 1.54) is 22.3 Å². The van der Waals surface area contributed by atoms with Gasteiger partial charge in [0.2, 0.25) is 0 Å². The van der Waals surface area contributed by atoms with Crippen molar-refractivity contribution in [2.75, 3.05) is 13.6 Å². The van der Waals surface area contributed by atoms with Crippen molar-refractivity contribution in [1.29, 1.82) is 0 Å². The second kappa shape index (κ2) is 11.8. The number of nitrogens with zero attached hydrogens (tertiary/aromatic N) is 4. The summed E-state index contributed by atoms with van der Waals surface area (Å²) >= 11 is 0. The molecule has 0 amide bonds. The summed E-state index contributed by atoms with van der Waals surface area (Å²) in [6, 6.07) is 17.4. The topological polar surface area (TPSA) is 67.1 Å². The Morgan fingerprint density at radius 1 is 1.03 bits per heavy atom. The number of rotatable bonds is 8. The van der Waals surface area contributed by atoms with Gasteiger partial charge in [0.15, 0.2) is 5.96 Å². The molecule has 1 aromatic heterocycles. The maximum absolute atomic E-state index is 4.38. The molecule has 0 aliphatic carbocycles. The summed E-state index contributed by atoms with van der Waals surface area (Å²) < 4.78 is 1.82. The van der Waals surface area contributed by atoms with Crippen LogP contribution in [0.3, 0.4) is 0 Å². The zero-order chi connectivity index (χ0) is 21.4. The Morgan fingerprint density at radius 2 is 1.77 bits per heavy atom. The molecule has 1 heterocycles. The van der Waals surface area contributed by atoms with E-state index in [0.29, 0.717) is 13.1 Å². The Kier molecular flexibility index (Phi) is 9.48. The number of hydrogen-bond acceptors (Lipinski definition) is 3. The molecule has 2 N–H and O–H groups in total. The van der Waals surface area contributed by atoms with E-state index in [4.69, 9.17) is 0 Å². The third-order valence-corrected chi connectivity index (χ3v) is 5.33. The molecule has 3 aromatic rings. The van der Waals surface area contributed by atoms with E-state index in [9.17, 15) is 0 Å². The molecule has 0 aliphatic rings. The number of guanidine groups is 1. The highest BCUT2D eigenvalue weighted by Crippen LogP contribution is 2.22. The highest BCUT2D eigenvalue weighted by atomic mass is 127. The lowest BCUT2D eigenvalue weighted by atomic mass is 9.84. The summed E-state index contributed by atoms with van der Waals surface area (Å²) in [6.07, 6.45) is 4.35. The molecule has 3 rings (SSSR count). The number of benzene rings is 2. The van der Waals surface area contributed by atoms with Gasteiger partial charge in [0.1, 0.15) is 12.7 Å². The number of nitrogens with one attached hydrogen (secondary N) is 2. The van der Waals surface area contributed by atoms with Gasteiger partial charge in [-0.25, -0.2) is 9.67 Å². The van der Waals surface area contributed by atoms with Crippen LogP contribution in [0.5, 0.6) is 0 Å². The van der Waals surface area contributed by atoms with Crippen molar-refractivity contribution in [2.24, 2.45) is 4.99 Å². The van der Waals surface area contributed by atoms with E-state index >= 15 is 0 Å². The quantitative estimate of drug-likeness (QED) is 0.260. The molecule has 0 spiro atoms. The molecule has 0 fully saturated rings. The summed E-state index contributed by atoms with van der Waals surface area (Å²) in [5, 5.41) is 11.1. The van der Waals surface area contributed by atoms with Crippen molar-refractivity contribution >= 4 is 29.9 Å². The van der Waals surface area contributed by atoms with Gasteiger partial charge in [0.25, 0.3) is 0 Å². The lowest BCUT2D eigenvalue weighted by Crippen LogP contribution is -2.43. The molecule has 0 atom stereocenters. The minimum atomic E-state index is 0. The fourth-order valence-corrected chi connectivity index (χ4v) is 3.34. The SMILES string of the molecule is CCc1ccc(C(C)(C)CNC(=NC)NCc2cccc(Cn3cncn3)c2)cc1.I. The Hall–Kier alpha value is -2.42. The minimum absolute atomic E-state index is 0. The summed E-state index contributed by atoms with van der Waals surface area (Å²) in [6.45, 7) is 8.90. The zero-order valence-electron chi connectivity index (χ0n) is 18.8. The van der Waals surface area contributed by atoms with Crippen LogP contribution >= 0.6 is 24.0 Å². The molecule has 7 heteroatoms. The number of aromatic nitrogens is 3. The van der Waals surface area contributed by atoms with Crippen LogP contribution in [-0.4, -0.2) is 34.3 Å². The molecule has 0 aliphatic heterocycles. The van der Waals surface area contributed by atoms with Crippen molar-refractivity contribution in [1.82, 2.24) is 25.4 Å². The molecule has 0 saturated heterocycles. The summed E-state index contributed by atoms with van der Waals surface area (Å²) in [5.41, 5.74) is 5.08. The van der Waals surface area contributed by atoms with E-state index in [0.717, 1.165) is 18.9 Å². The highest BCUT2D eigenvalue weighted by Gasteiger charge is 2.20. The normalized spacial score (nSPS) is 11.7. The largest absolute Gasteiger partial charge is 0.356 e. The van der Waals surface area contributed by atoms with Crippen molar-refractivity contribution in [3.63, 3.8) is 0 Å². The molecule has 0 bridgehead atoms. The Bertz CT molecular complexity index is 948. The van der Waals surface area contributed by atoms with Crippen LogP contribution in [0.1, 0.15) is 43.0 Å². The van der Waals surface area contributed by atoms with Gasteiger partial charge in [-0.15, -0.1) is 24.0 Å². The fraction of sp³-hybridized carbons (Fsp3) is 0.375. The van der Waals surface area contributed by atoms with E-state index in [2.05, 4.69) is 95.0 Å². The average Bonchev–Trinajstić information content (AvgIpc) is 3.27. The van der Waals surface area contributed by atoms with Crippen molar-refractivity contribution in [3.8, 4) is 0 Å². The maximum Gasteiger partial charge on any atom is 0.191 e. The molecule has 31 heavy (non-hydrogen) atoms. The number of hydrogen-bond donors (Lipinski definition) is 2. The van der Waals surface area contributed by atoms with E-state index < -0.39 is 0 Å². The van der Waals surface area contributed by atoms with Gasteiger partial charge < -0.3 is 10.6 Å². The zero-order valence-corrected chi connectivity index (χ0v) is 21.1. The first-order valence-electron chi connectivity index (χ1n) is 10.4. The molecular formula is C24H33IN6. The summed E-state index contributed by atoms with van der Waals surface area (Å²) in [4.78, 5) is 8.38. The van der Waals surface area contributed by atoms with Crippen LogP contribution in [0.25, 0.3) is 0 Å². The predicted molar refractivity (Wildman–Crippen MR) is 138 cm³/mol. The van der Waals surface area contributed by atoms with E-state index in [1.807, 2.05) is 4.68 Å². The van der Waals surface area contributed by atoms with Crippen molar-refractivity contribution in [2.45, 2.75) is 45.7 Å². The van der Waals surface area contributed by atoms with Crippen molar-refractivity contribution < 1.29 is 0 Å². The fourth-order valence-electron chi connectivity index (χ4n) is 3.34. The highest BCUT2D eigenvalue weighted by molar-refractivity contribution is 14.0. The maximum atomic E-state index is 4.38. The number of aryl methyl sites for hydroxylation is 1. The molecular weight excluding hydrogens is 499 g/mol. The lowest BCUT2D eigenvalue weighted by molar-refractivity contribution is 0.508. The van der Waals surface area contributed by atoms with E-state index in [-0.39, 0.29) is 29.4 Å². The first kappa shape index (κ1) is 24.8. The smallest absolute Gasteiger partial charge is 0.191 e. The van der Waals surface area contributed by atoms with Crippen LogP contribution in [0.4, 0.5) is 0 Å². The van der Waals surface area contributed by atoms with Gasteiger partial charge in [0.05, 0.1) is 6.54 Å². The molecule has 0 saturated carbocycles. The molecule has 0 unspecified atom stereocenters. The Balaban J connectivity index is 0.00000341. The van der Waals surface area contributed by atoms with Gasteiger partial charge in [-0.2, -0.15) is 5.10 Å². The molecule has 2 aromatic carbocycles. The third kappa shape index (κ3) is 7.34. The standard InChI is InChI=1S/C24H32N6.HI/c1-5-19-9-11-22(12-10-19)24(2,3)16-28-23(25-4)27-14-20-7-6-8-21(13-20)15-30-18-26-17-29-30;/h6-13,17-18H,5,14-16H2,1-4H3,(H2,25,27,28);1H. The van der Waals surface area contributed by atoms with Gasteiger partial charge in [-0.3, -0.25) is 4.99 Å². The Labute approximate surface area is 202 Å². The average molecular weight is 532 g/mol. The van der Waals surface area contributed by atoms with Crippen LogP contribution in [0.2, 0.25) is 0 Å². The number of aliphatic imine (C=N–C) groups is 1. The first-order valence-corrected chi connectivity index (χ1v) is 10.4. The third-order valence-electron chi connectivity index (χ3n) is 5.33. The second-order valence-electron chi connectivity index (χ2n) is 8.13. The van der Waals surface area contributed by atoms with Gasteiger partial charge in [-0.05, 0) is 28.7 Å². The van der Waals surface area contributed by atoms with Crippen LogP contribution in [0, 0.1) is 0 Å². The molecule has 0 radical (unpaired) electrons. The van der Waals surface area contributed by atoms with E-state index in [1.54, 1.807) is 19.7 Å². The van der Waals surface area contributed by atoms with Gasteiger partial charge >= 0.3 is 0 Å². The second-order valence-corrected chi connectivity index (χ2v) is 8.13. The summed E-state index contributed by atoms with van der Waals surface area (Å²) in [7, 11) is 1.81. The monoisotopic (exact) mass is 532 g/mol. The van der Waals surface area contributed by atoms with Gasteiger partial charge in [0, 0.05) is 25.6 Å². The van der Waals surface area contributed by atoms with Crippen LogP contribution in [0.15, 0.2) is 66.2 Å². The summed E-state index contributed by atoms with van der Waals surface area (Å²) in [5.74, 6) is 0.801. The molecule has 166 valence electrons. The minimum Gasteiger partial charge on any atom is -0.356 e. The van der Waals surface area contributed by atoms with Crippen molar-refractivity contribution in [3.05, 3.63) is 83.4 Å². The predicted octanol–water partition coefficient (Wildman–Crippen LogP) is 4.15. The Morgan fingerprint density at radius 3 is 2.42 bits per heavy atom. The van der Waals surface area contributed by atoms with Crippen LogP contribution in [-0.2, 0) is 24.9 Å². The first-order chi connectivity index (χ1) is 14.5. The number of halogens is 1. The lowest BCUT2D eigenvalue weighted by Gasteiger charge is -2.27.